The van der Waals surface area contributed by atoms with Crippen molar-refractivity contribution in [3.8, 4) is 11.5 Å². The first-order valence-corrected chi connectivity index (χ1v) is 9.60. The van der Waals surface area contributed by atoms with Crippen molar-refractivity contribution >= 4 is 39.7 Å². The summed E-state index contributed by atoms with van der Waals surface area (Å²) in [4.78, 5) is 36.7. The molecule has 4 rings (SSSR count). The van der Waals surface area contributed by atoms with Gasteiger partial charge < -0.3 is 14.6 Å². The SMILES string of the molecule is COc1cc(OC)c2nc(Nc3nc4c(F)cccc4c(=O)[nH]3)nc(C)c2c1.O=C(O)C(F)(F)F. The fraction of sp³-hybridized carbons (Fsp3) is 0.190. The van der Waals surface area contributed by atoms with E-state index in [0.29, 0.717) is 22.7 Å². The second-order valence-electron chi connectivity index (χ2n) is 6.84. The van der Waals surface area contributed by atoms with E-state index in [-0.39, 0.29) is 22.8 Å². The van der Waals surface area contributed by atoms with Crippen LogP contribution in [0.2, 0.25) is 0 Å². The molecule has 0 radical (unpaired) electrons. The van der Waals surface area contributed by atoms with Gasteiger partial charge in [0, 0.05) is 11.5 Å². The number of benzene rings is 2. The predicted octanol–water partition coefficient (Wildman–Crippen LogP) is 3.71. The fourth-order valence-electron chi connectivity index (χ4n) is 2.94. The minimum atomic E-state index is -5.08. The molecule has 0 amide bonds. The van der Waals surface area contributed by atoms with Crippen LogP contribution in [0.5, 0.6) is 11.5 Å². The zero-order chi connectivity index (χ0) is 25.9. The van der Waals surface area contributed by atoms with Crippen molar-refractivity contribution in [1.29, 1.82) is 0 Å². The second kappa shape index (κ2) is 9.79. The Bertz CT molecular complexity index is 1470. The van der Waals surface area contributed by atoms with Gasteiger partial charge in [-0.05, 0) is 25.1 Å². The number of methoxy groups -OCH3 is 2. The first kappa shape index (κ1) is 25.1. The van der Waals surface area contributed by atoms with Crippen LogP contribution in [0.1, 0.15) is 5.69 Å². The van der Waals surface area contributed by atoms with Crippen molar-refractivity contribution in [1.82, 2.24) is 19.9 Å². The maximum absolute atomic E-state index is 14.0. The van der Waals surface area contributed by atoms with E-state index in [2.05, 4.69) is 25.3 Å². The van der Waals surface area contributed by atoms with Crippen LogP contribution in [0.3, 0.4) is 0 Å². The Morgan fingerprint density at radius 3 is 2.34 bits per heavy atom. The Balaban J connectivity index is 0.000000429. The number of hydrogen-bond acceptors (Lipinski definition) is 8. The summed E-state index contributed by atoms with van der Waals surface area (Å²) in [6.07, 6.45) is -5.08. The molecule has 35 heavy (non-hydrogen) atoms. The number of hydrogen-bond donors (Lipinski definition) is 3. The predicted molar refractivity (Wildman–Crippen MR) is 117 cm³/mol. The minimum absolute atomic E-state index is 0.0337. The van der Waals surface area contributed by atoms with Crippen LogP contribution in [0.4, 0.5) is 29.5 Å². The summed E-state index contributed by atoms with van der Waals surface area (Å²) in [6, 6.07) is 7.72. The zero-order valence-corrected chi connectivity index (χ0v) is 18.3. The Hall–Kier alpha value is -4.49. The van der Waals surface area contributed by atoms with Crippen LogP contribution in [0, 0.1) is 12.7 Å². The number of alkyl halides is 3. The average Bonchev–Trinajstić information content (AvgIpc) is 2.79. The monoisotopic (exact) mass is 495 g/mol. The van der Waals surface area contributed by atoms with Crippen molar-refractivity contribution in [3.05, 3.63) is 52.2 Å². The maximum atomic E-state index is 14.0. The van der Waals surface area contributed by atoms with Gasteiger partial charge in [0.15, 0.2) is 0 Å². The molecule has 0 saturated heterocycles. The van der Waals surface area contributed by atoms with Crippen LogP contribution in [-0.2, 0) is 4.79 Å². The molecule has 14 heteroatoms. The number of ether oxygens (including phenoxy) is 2. The molecular formula is C21H17F4N5O5. The third-order valence-electron chi connectivity index (χ3n) is 4.54. The molecule has 0 aliphatic carbocycles. The van der Waals surface area contributed by atoms with Crippen molar-refractivity contribution in [2.24, 2.45) is 0 Å². The molecule has 0 fully saturated rings. The van der Waals surface area contributed by atoms with Gasteiger partial charge in [0.2, 0.25) is 11.9 Å². The van der Waals surface area contributed by atoms with E-state index in [9.17, 15) is 22.4 Å². The van der Waals surface area contributed by atoms with E-state index in [1.807, 2.05) is 13.0 Å². The number of aryl methyl sites for hydroxylation is 1. The normalized spacial score (nSPS) is 11.1. The summed E-state index contributed by atoms with van der Waals surface area (Å²) in [5.74, 6) is -1.99. The summed E-state index contributed by atoms with van der Waals surface area (Å²) < 4.78 is 56.4. The molecule has 0 aliphatic rings. The molecule has 4 aromatic rings. The highest BCUT2D eigenvalue weighted by Gasteiger charge is 2.38. The van der Waals surface area contributed by atoms with E-state index in [0.717, 1.165) is 5.39 Å². The fourth-order valence-corrected chi connectivity index (χ4v) is 2.94. The van der Waals surface area contributed by atoms with E-state index < -0.39 is 23.5 Å². The van der Waals surface area contributed by atoms with Crippen LogP contribution >= 0.6 is 0 Å². The summed E-state index contributed by atoms with van der Waals surface area (Å²) in [7, 11) is 3.09. The van der Waals surface area contributed by atoms with E-state index in [4.69, 9.17) is 19.4 Å². The lowest BCUT2D eigenvalue weighted by Crippen LogP contribution is -2.21. The third kappa shape index (κ3) is 5.54. The molecule has 0 atom stereocenters. The highest BCUT2D eigenvalue weighted by Crippen LogP contribution is 2.32. The van der Waals surface area contributed by atoms with Crippen LogP contribution in [-0.4, -0.2) is 51.4 Å². The number of carbonyl (C=O) groups is 1. The Morgan fingerprint density at radius 1 is 1.06 bits per heavy atom. The Labute approximate surface area is 193 Å². The molecule has 0 aliphatic heterocycles. The van der Waals surface area contributed by atoms with Gasteiger partial charge in [-0.2, -0.15) is 13.2 Å². The van der Waals surface area contributed by atoms with E-state index in [1.54, 1.807) is 13.2 Å². The van der Waals surface area contributed by atoms with Gasteiger partial charge in [-0.3, -0.25) is 15.1 Å². The summed E-state index contributed by atoms with van der Waals surface area (Å²) in [5, 5.41) is 10.9. The number of rotatable bonds is 4. The lowest BCUT2D eigenvalue weighted by Gasteiger charge is -2.12. The number of nitrogens with one attached hydrogen (secondary N) is 2. The topological polar surface area (TPSA) is 139 Å². The molecule has 3 N–H and O–H groups in total. The number of aromatic nitrogens is 4. The number of para-hydroxylation sites is 1. The molecule has 0 bridgehead atoms. The highest BCUT2D eigenvalue weighted by molar-refractivity contribution is 5.89. The number of aromatic amines is 1. The van der Waals surface area contributed by atoms with Crippen molar-refractivity contribution in [3.63, 3.8) is 0 Å². The lowest BCUT2D eigenvalue weighted by atomic mass is 10.1. The van der Waals surface area contributed by atoms with Gasteiger partial charge in [0.1, 0.15) is 28.3 Å². The van der Waals surface area contributed by atoms with E-state index in [1.165, 1.54) is 25.3 Å². The van der Waals surface area contributed by atoms with Crippen molar-refractivity contribution in [2.75, 3.05) is 19.5 Å². The van der Waals surface area contributed by atoms with Gasteiger partial charge in [0.25, 0.3) is 5.56 Å². The number of carboxylic acid groups (broad SMARTS) is 1. The number of nitrogens with zero attached hydrogens (tertiary/aromatic N) is 3. The number of aliphatic carboxylic acids is 1. The quantitative estimate of drug-likeness (QED) is 0.362. The Kier molecular flexibility index (Phi) is 7.03. The molecule has 0 unspecified atom stereocenters. The summed E-state index contributed by atoms with van der Waals surface area (Å²) in [6.45, 7) is 1.81. The van der Waals surface area contributed by atoms with Crippen LogP contribution < -0.4 is 20.3 Å². The maximum Gasteiger partial charge on any atom is 0.490 e. The number of carboxylic acids is 1. The second-order valence-corrected chi connectivity index (χ2v) is 6.84. The molecule has 184 valence electrons. The van der Waals surface area contributed by atoms with E-state index >= 15 is 0 Å². The Morgan fingerprint density at radius 2 is 1.74 bits per heavy atom. The summed E-state index contributed by atoms with van der Waals surface area (Å²) in [5.41, 5.74) is 0.729. The van der Waals surface area contributed by atoms with Gasteiger partial charge in [-0.15, -0.1) is 0 Å². The van der Waals surface area contributed by atoms with Crippen LogP contribution in [0.25, 0.3) is 21.8 Å². The van der Waals surface area contributed by atoms with Crippen LogP contribution in [0.15, 0.2) is 35.1 Å². The first-order valence-electron chi connectivity index (χ1n) is 9.60. The molecule has 2 aromatic heterocycles. The zero-order valence-electron chi connectivity index (χ0n) is 18.3. The van der Waals surface area contributed by atoms with Gasteiger partial charge in [-0.25, -0.2) is 24.1 Å². The number of H-pyrrole nitrogens is 1. The molecular weight excluding hydrogens is 478 g/mol. The van der Waals surface area contributed by atoms with Crippen molar-refractivity contribution < 1.29 is 36.9 Å². The van der Waals surface area contributed by atoms with Gasteiger partial charge >= 0.3 is 12.1 Å². The smallest absolute Gasteiger partial charge is 0.490 e. The van der Waals surface area contributed by atoms with Gasteiger partial charge in [-0.1, -0.05) is 6.07 Å². The van der Waals surface area contributed by atoms with Crippen molar-refractivity contribution in [2.45, 2.75) is 13.1 Å². The number of anilines is 2. The standard InChI is InChI=1S/C19H16FN5O3.C2HF3O2/c1-9-12-7-10(27-2)8-14(28-3)16(12)23-18(21-9)25-19-22-15-11(17(26)24-19)5-4-6-13(15)20;3-2(4,5)1(6)7/h4-8H,1-3H3,(H2,21,22,23,24,25,26);(H,6,7). The largest absolute Gasteiger partial charge is 0.497 e. The molecule has 0 spiro atoms. The molecule has 2 aromatic carbocycles. The first-order chi connectivity index (χ1) is 16.4. The summed E-state index contributed by atoms with van der Waals surface area (Å²) >= 11 is 0. The molecule has 2 heterocycles. The highest BCUT2D eigenvalue weighted by atomic mass is 19.4. The van der Waals surface area contributed by atoms with Gasteiger partial charge in [0.05, 0.1) is 25.3 Å². The number of halogens is 4. The third-order valence-corrected chi connectivity index (χ3v) is 4.54. The average molecular weight is 495 g/mol. The number of fused-ring (bicyclic) bond motifs is 2. The minimum Gasteiger partial charge on any atom is -0.497 e. The molecule has 10 nitrogen and oxygen atoms in total. The molecule has 0 saturated carbocycles. The lowest BCUT2D eigenvalue weighted by molar-refractivity contribution is -0.192.